The summed E-state index contributed by atoms with van der Waals surface area (Å²) in [6, 6.07) is 27.4. The van der Waals surface area contributed by atoms with E-state index < -0.39 is 0 Å². The number of aryl methyl sites for hydroxylation is 1. The van der Waals surface area contributed by atoms with Crippen LogP contribution in [0.15, 0.2) is 78.9 Å². The fourth-order valence-corrected chi connectivity index (χ4v) is 3.16. The van der Waals surface area contributed by atoms with Crippen molar-refractivity contribution < 1.29 is 10.1 Å². The Morgan fingerprint density at radius 2 is 1.54 bits per heavy atom. The molecule has 0 bridgehead atoms. The number of nitrogens with two attached hydrogens (primary N) is 1. The molecule has 0 saturated heterocycles. The van der Waals surface area contributed by atoms with E-state index in [4.69, 9.17) is 0 Å². The minimum atomic E-state index is -0.335. The standard InChI is InChI=1S/C24H23N3O/c1-17-12-14-20(15-13-17)23(19-8-4-3-5-9-19)26-18(2)24(28)27-22-11-7-6-10-21(22)16-25/h3-15,18,23,26H,1-2H3,(H,27,28)/p+1/t18-,23-/m0/s1. The lowest BCUT2D eigenvalue weighted by Crippen LogP contribution is -2.92. The van der Waals surface area contributed by atoms with E-state index in [1.807, 2.05) is 31.2 Å². The number of carbonyl (C=O) groups is 1. The SMILES string of the molecule is Cc1ccc([C@@H]([NH2+][C@@H](C)C(=O)Nc2ccccc2C#N)c2ccccc2)cc1. The highest BCUT2D eigenvalue weighted by Gasteiger charge is 2.25. The number of quaternary nitrogens is 1. The molecule has 3 rings (SSSR count). The van der Waals surface area contributed by atoms with E-state index in [0.29, 0.717) is 11.3 Å². The number of nitriles is 1. The molecule has 28 heavy (non-hydrogen) atoms. The first-order valence-corrected chi connectivity index (χ1v) is 9.35. The smallest absolute Gasteiger partial charge is 0.282 e. The quantitative estimate of drug-likeness (QED) is 0.697. The second-order valence-corrected chi connectivity index (χ2v) is 6.93. The summed E-state index contributed by atoms with van der Waals surface area (Å²) in [4.78, 5) is 12.8. The zero-order chi connectivity index (χ0) is 19.9. The molecule has 2 atom stereocenters. The van der Waals surface area contributed by atoms with E-state index in [0.717, 1.165) is 11.1 Å². The molecule has 4 nitrogen and oxygen atoms in total. The molecule has 0 saturated carbocycles. The van der Waals surface area contributed by atoms with Gasteiger partial charge in [-0.25, -0.2) is 0 Å². The average molecular weight is 370 g/mol. The maximum absolute atomic E-state index is 12.8. The summed E-state index contributed by atoms with van der Waals surface area (Å²) in [5.74, 6) is -0.129. The van der Waals surface area contributed by atoms with Gasteiger partial charge < -0.3 is 10.6 Å². The third-order valence-corrected chi connectivity index (χ3v) is 4.80. The van der Waals surface area contributed by atoms with E-state index in [1.165, 1.54) is 5.56 Å². The van der Waals surface area contributed by atoms with E-state index in [-0.39, 0.29) is 18.0 Å². The van der Waals surface area contributed by atoms with Crippen LogP contribution in [-0.2, 0) is 4.79 Å². The van der Waals surface area contributed by atoms with Crippen molar-refractivity contribution in [3.63, 3.8) is 0 Å². The Labute approximate surface area is 165 Å². The molecule has 0 radical (unpaired) electrons. The molecule has 140 valence electrons. The predicted molar refractivity (Wildman–Crippen MR) is 111 cm³/mol. The molecule has 3 aromatic carbocycles. The van der Waals surface area contributed by atoms with Crippen LogP contribution >= 0.6 is 0 Å². The van der Waals surface area contributed by atoms with Crippen molar-refractivity contribution in [3.05, 3.63) is 101 Å². The van der Waals surface area contributed by atoms with Crippen molar-refractivity contribution in [3.8, 4) is 6.07 Å². The summed E-state index contributed by atoms with van der Waals surface area (Å²) >= 11 is 0. The van der Waals surface area contributed by atoms with Crippen molar-refractivity contribution in [2.45, 2.75) is 25.9 Å². The van der Waals surface area contributed by atoms with Gasteiger partial charge >= 0.3 is 0 Å². The number of amides is 1. The van der Waals surface area contributed by atoms with Crippen molar-refractivity contribution >= 4 is 11.6 Å². The molecular formula is C24H24N3O+. The summed E-state index contributed by atoms with van der Waals surface area (Å²) in [5.41, 5.74) is 4.50. The molecule has 0 heterocycles. The average Bonchev–Trinajstić information content (AvgIpc) is 2.73. The normalized spacial score (nSPS) is 12.6. The molecule has 0 unspecified atom stereocenters. The first-order valence-electron chi connectivity index (χ1n) is 9.35. The topological polar surface area (TPSA) is 69.5 Å². The van der Waals surface area contributed by atoms with Crippen LogP contribution in [0, 0.1) is 18.3 Å². The lowest BCUT2D eigenvalue weighted by Gasteiger charge is -2.21. The van der Waals surface area contributed by atoms with Crippen molar-refractivity contribution in [2.75, 3.05) is 5.32 Å². The molecule has 3 N–H and O–H groups in total. The number of anilines is 1. The van der Waals surface area contributed by atoms with Crippen LogP contribution in [0.1, 0.15) is 35.2 Å². The van der Waals surface area contributed by atoms with E-state index >= 15 is 0 Å². The molecule has 0 spiro atoms. The summed E-state index contributed by atoms with van der Waals surface area (Å²) < 4.78 is 0. The number of para-hydroxylation sites is 1. The lowest BCUT2D eigenvalue weighted by molar-refractivity contribution is -0.704. The van der Waals surface area contributed by atoms with Crippen molar-refractivity contribution in [1.82, 2.24) is 0 Å². The number of rotatable bonds is 6. The highest BCUT2D eigenvalue weighted by molar-refractivity contribution is 5.94. The highest BCUT2D eigenvalue weighted by atomic mass is 16.2. The molecule has 1 amide bonds. The highest BCUT2D eigenvalue weighted by Crippen LogP contribution is 2.19. The maximum atomic E-state index is 12.8. The van der Waals surface area contributed by atoms with E-state index in [1.54, 1.807) is 18.2 Å². The Hall–Kier alpha value is -3.42. The summed E-state index contributed by atoms with van der Waals surface area (Å²) in [7, 11) is 0. The minimum absolute atomic E-state index is 0.00811. The maximum Gasteiger partial charge on any atom is 0.282 e. The Balaban J connectivity index is 1.81. The number of nitrogens with zero attached hydrogens (tertiary/aromatic N) is 1. The monoisotopic (exact) mass is 370 g/mol. The molecule has 3 aromatic rings. The van der Waals surface area contributed by atoms with Gasteiger partial charge in [0.25, 0.3) is 5.91 Å². The van der Waals surface area contributed by atoms with Crippen molar-refractivity contribution in [2.24, 2.45) is 0 Å². The van der Waals surface area contributed by atoms with Gasteiger partial charge in [0.05, 0.1) is 11.3 Å². The van der Waals surface area contributed by atoms with Gasteiger partial charge in [-0.3, -0.25) is 4.79 Å². The summed E-state index contributed by atoms with van der Waals surface area (Å²) in [5, 5.41) is 14.2. The third kappa shape index (κ3) is 4.64. The van der Waals surface area contributed by atoms with Crippen LogP contribution in [0.25, 0.3) is 0 Å². The van der Waals surface area contributed by atoms with Crippen LogP contribution in [0.4, 0.5) is 5.69 Å². The zero-order valence-corrected chi connectivity index (χ0v) is 16.1. The predicted octanol–water partition coefficient (Wildman–Crippen LogP) is 3.55. The fraction of sp³-hybridized carbons (Fsp3) is 0.167. The number of benzene rings is 3. The fourth-order valence-electron chi connectivity index (χ4n) is 3.16. The van der Waals surface area contributed by atoms with Crippen LogP contribution in [0.3, 0.4) is 0 Å². The van der Waals surface area contributed by atoms with Gasteiger partial charge in [-0.2, -0.15) is 5.26 Å². The van der Waals surface area contributed by atoms with E-state index in [2.05, 4.69) is 60.0 Å². The number of nitrogens with one attached hydrogen (secondary N) is 1. The number of hydrogen-bond donors (Lipinski definition) is 2. The first-order chi connectivity index (χ1) is 13.6. The largest absolute Gasteiger partial charge is 0.326 e. The van der Waals surface area contributed by atoms with Gasteiger partial charge in [0, 0.05) is 11.1 Å². The van der Waals surface area contributed by atoms with E-state index in [9.17, 15) is 10.1 Å². The number of hydrogen-bond acceptors (Lipinski definition) is 2. The second-order valence-electron chi connectivity index (χ2n) is 6.93. The molecule has 0 fully saturated rings. The third-order valence-electron chi connectivity index (χ3n) is 4.80. The molecule has 0 aliphatic rings. The van der Waals surface area contributed by atoms with Crippen LogP contribution in [0.2, 0.25) is 0 Å². The summed E-state index contributed by atoms with van der Waals surface area (Å²) in [6.07, 6.45) is 0. The Bertz CT molecular complexity index is 975. The van der Waals surface area contributed by atoms with Crippen molar-refractivity contribution in [1.29, 1.82) is 5.26 Å². The molecule has 0 aliphatic carbocycles. The molecular weight excluding hydrogens is 346 g/mol. The van der Waals surface area contributed by atoms with Gasteiger partial charge in [0.1, 0.15) is 12.1 Å². The van der Waals surface area contributed by atoms with Gasteiger partial charge in [0.2, 0.25) is 0 Å². The van der Waals surface area contributed by atoms with Gasteiger partial charge in [-0.15, -0.1) is 0 Å². The second kappa shape index (κ2) is 8.98. The van der Waals surface area contributed by atoms with Gasteiger partial charge in [-0.05, 0) is 26.0 Å². The van der Waals surface area contributed by atoms with Gasteiger partial charge in [-0.1, -0.05) is 72.3 Å². The Kier molecular flexibility index (Phi) is 6.21. The lowest BCUT2D eigenvalue weighted by atomic mass is 9.97. The Morgan fingerprint density at radius 1 is 0.929 bits per heavy atom. The molecule has 0 aromatic heterocycles. The molecule has 4 heteroatoms. The minimum Gasteiger partial charge on any atom is -0.326 e. The zero-order valence-electron chi connectivity index (χ0n) is 16.1. The summed E-state index contributed by atoms with van der Waals surface area (Å²) in [6.45, 7) is 3.95. The van der Waals surface area contributed by atoms with Crippen LogP contribution < -0.4 is 10.6 Å². The van der Waals surface area contributed by atoms with Crippen LogP contribution in [-0.4, -0.2) is 11.9 Å². The first kappa shape index (κ1) is 19.3. The Morgan fingerprint density at radius 3 is 2.21 bits per heavy atom. The van der Waals surface area contributed by atoms with Gasteiger partial charge in [0.15, 0.2) is 6.04 Å². The number of carbonyl (C=O) groups excluding carboxylic acids is 1. The molecule has 0 aliphatic heterocycles. The van der Waals surface area contributed by atoms with Crippen LogP contribution in [0.5, 0.6) is 0 Å².